The zero-order valence-corrected chi connectivity index (χ0v) is 16.7. The van der Waals surface area contributed by atoms with Crippen LogP contribution in [0.2, 0.25) is 0 Å². The molecule has 1 fully saturated rings. The topological polar surface area (TPSA) is 69.7 Å². The van der Waals surface area contributed by atoms with E-state index in [9.17, 15) is 13.2 Å². The Labute approximate surface area is 160 Å². The average Bonchev–Trinajstić information content (AvgIpc) is 2.62. The molecule has 2 aromatic carbocycles. The summed E-state index contributed by atoms with van der Waals surface area (Å²) in [7, 11) is -3.37. The van der Waals surface area contributed by atoms with Crippen molar-refractivity contribution < 1.29 is 13.2 Å². The summed E-state index contributed by atoms with van der Waals surface area (Å²) in [4.78, 5) is 16.9. The van der Waals surface area contributed by atoms with Gasteiger partial charge in [0.05, 0.1) is 6.26 Å². The fraction of sp³-hybridized carbons (Fsp3) is 0.350. The number of sulfonamides is 1. The van der Waals surface area contributed by atoms with E-state index in [0.29, 0.717) is 24.3 Å². The van der Waals surface area contributed by atoms with Gasteiger partial charge in [-0.3, -0.25) is 9.52 Å². The van der Waals surface area contributed by atoms with Crippen molar-refractivity contribution in [2.24, 2.45) is 0 Å². The number of piperazine rings is 1. The summed E-state index contributed by atoms with van der Waals surface area (Å²) in [5, 5.41) is 0. The van der Waals surface area contributed by atoms with Gasteiger partial charge in [0.1, 0.15) is 0 Å². The first-order valence-corrected chi connectivity index (χ1v) is 10.8. The second kappa shape index (κ2) is 7.60. The number of carbonyl (C=O) groups excluding carboxylic acids is 1. The predicted octanol–water partition coefficient (Wildman–Crippen LogP) is 2.64. The molecule has 1 N–H and O–H groups in total. The van der Waals surface area contributed by atoms with Crippen LogP contribution in [0.5, 0.6) is 0 Å². The molecule has 144 valence electrons. The Morgan fingerprint density at radius 2 is 1.67 bits per heavy atom. The first-order chi connectivity index (χ1) is 12.7. The minimum absolute atomic E-state index is 0.0761. The van der Waals surface area contributed by atoms with Crippen molar-refractivity contribution in [1.29, 1.82) is 0 Å². The van der Waals surface area contributed by atoms with Gasteiger partial charge in [-0.05, 0) is 49.2 Å². The number of hydrogen-bond donors (Lipinski definition) is 1. The fourth-order valence-electron chi connectivity index (χ4n) is 3.34. The van der Waals surface area contributed by atoms with Crippen LogP contribution in [-0.2, 0) is 10.0 Å². The molecule has 27 heavy (non-hydrogen) atoms. The van der Waals surface area contributed by atoms with Crippen molar-refractivity contribution in [3.05, 3.63) is 59.2 Å². The number of nitrogens with zero attached hydrogens (tertiary/aromatic N) is 2. The average molecular weight is 388 g/mol. The quantitative estimate of drug-likeness (QED) is 0.876. The lowest BCUT2D eigenvalue weighted by atomic mass is 10.1. The summed E-state index contributed by atoms with van der Waals surface area (Å²) >= 11 is 0. The number of nitrogens with one attached hydrogen (secondary N) is 1. The van der Waals surface area contributed by atoms with Crippen molar-refractivity contribution in [3.63, 3.8) is 0 Å². The largest absolute Gasteiger partial charge is 0.368 e. The van der Waals surface area contributed by atoms with Crippen molar-refractivity contribution in [2.45, 2.75) is 13.8 Å². The molecule has 0 radical (unpaired) electrons. The maximum atomic E-state index is 12.8. The number of hydrogen-bond acceptors (Lipinski definition) is 4. The van der Waals surface area contributed by atoms with E-state index in [1.165, 1.54) is 16.8 Å². The molecule has 0 bridgehead atoms. The van der Waals surface area contributed by atoms with E-state index in [1.807, 2.05) is 4.90 Å². The third kappa shape index (κ3) is 4.60. The molecule has 6 nitrogen and oxygen atoms in total. The highest BCUT2D eigenvalue weighted by molar-refractivity contribution is 7.92. The Kier molecular flexibility index (Phi) is 5.41. The van der Waals surface area contributed by atoms with Gasteiger partial charge in [0.2, 0.25) is 10.0 Å². The van der Waals surface area contributed by atoms with Crippen molar-refractivity contribution >= 4 is 27.3 Å². The van der Waals surface area contributed by atoms with Crippen LogP contribution in [0.4, 0.5) is 11.4 Å². The second-order valence-electron chi connectivity index (χ2n) is 6.95. The van der Waals surface area contributed by atoms with Gasteiger partial charge in [0.15, 0.2) is 0 Å². The van der Waals surface area contributed by atoms with E-state index < -0.39 is 10.0 Å². The number of carbonyl (C=O) groups is 1. The van der Waals surface area contributed by atoms with Crippen LogP contribution in [0.25, 0.3) is 0 Å². The van der Waals surface area contributed by atoms with Gasteiger partial charge in [-0.15, -0.1) is 0 Å². The maximum Gasteiger partial charge on any atom is 0.254 e. The summed E-state index contributed by atoms with van der Waals surface area (Å²) in [6.45, 7) is 7.05. The number of anilines is 2. The van der Waals surface area contributed by atoms with E-state index in [-0.39, 0.29) is 5.91 Å². The van der Waals surface area contributed by atoms with Crippen LogP contribution in [0.3, 0.4) is 0 Å². The van der Waals surface area contributed by atoms with Crippen LogP contribution < -0.4 is 9.62 Å². The molecule has 0 spiro atoms. The van der Waals surface area contributed by atoms with Gasteiger partial charge in [-0.2, -0.15) is 0 Å². The van der Waals surface area contributed by atoms with Gasteiger partial charge in [0.25, 0.3) is 5.91 Å². The van der Waals surface area contributed by atoms with Crippen LogP contribution in [0, 0.1) is 13.8 Å². The summed E-state index contributed by atoms with van der Waals surface area (Å²) in [5.41, 5.74) is 4.65. The summed E-state index contributed by atoms with van der Waals surface area (Å²) in [5.74, 6) is -0.0761. The lowest BCUT2D eigenvalue weighted by Crippen LogP contribution is -2.49. The highest BCUT2D eigenvalue weighted by Gasteiger charge is 2.23. The number of amides is 1. The molecule has 3 rings (SSSR count). The minimum Gasteiger partial charge on any atom is -0.368 e. The molecule has 0 saturated carbocycles. The van der Waals surface area contributed by atoms with Crippen molar-refractivity contribution in [2.75, 3.05) is 42.1 Å². The molecule has 1 amide bonds. The monoisotopic (exact) mass is 387 g/mol. The Bertz CT molecular complexity index is 949. The SMILES string of the molecule is Cc1cccc(N2CCN(C(=O)c3cccc(NS(C)(=O)=O)c3)CC2)c1C. The Morgan fingerprint density at radius 3 is 2.33 bits per heavy atom. The first kappa shape index (κ1) is 19.2. The lowest BCUT2D eigenvalue weighted by molar-refractivity contribution is 0.0747. The normalized spacial score (nSPS) is 14.9. The molecule has 1 aliphatic heterocycles. The van der Waals surface area contributed by atoms with Gasteiger partial charge in [0, 0.05) is 43.1 Å². The third-order valence-corrected chi connectivity index (χ3v) is 5.50. The molecular weight excluding hydrogens is 362 g/mol. The Balaban J connectivity index is 1.68. The van der Waals surface area contributed by atoms with Crippen molar-refractivity contribution in [3.8, 4) is 0 Å². The predicted molar refractivity (Wildman–Crippen MR) is 109 cm³/mol. The molecule has 1 aliphatic rings. The third-order valence-electron chi connectivity index (χ3n) is 4.90. The highest BCUT2D eigenvalue weighted by Crippen LogP contribution is 2.24. The van der Waals surface area contributed by atoms with E-state index in [0.717, 1.165) is 19.3 Å². The molecule has 1 heterocycles. The van der Waals surface area contributed by atoms with Crippen LogP contribution >= 0.6 is 0 Å². The van der Waals surface area contributed by atoms with Gasteiger partial charge in [-0.25, -0.2) is 8.42 Å². The van der Waals surface area contributed by atoms with E-state index >= 15 is 0 Å². The van der Waals surface area contributed by atoms with Crippen LogP contribution in [0.1, 0.15) is 21.5 Å². The number of benzene rings is 2. The van der Waals surface area contributed by atoms with Gasteiger partial charge < -0.3 is 9.80 Å². The second-order valence-corrected chi connectivity index (χ2v) is 8.70. The van der Waals surface area contributed by atoms with E-state index in [4.69, 9.17) is 0 Å². The molecule has 7 heteroatoms. The van der Waals surface area contributed by atoms with Gasteiger partial charge >= 0.3 is 0 Å². The van der Waals surface area contributed by atoms with Crippen LogP contribution in [0.15, 0.2) is 42.5 Å². The maximum absolute atomic E-state index is 12.8. The van der Waals surface area contributed by atoms with Crippen LogP contribution in [-0.4, -0.2) is 51.7 Å². The zero-order chi connectivity index (χ0) is 19.6. The Hall–Kier alpha value is -2.54. The lowest BCUT2D eigenvalue weighted by Gasteiger charge is -2.37. The summed E-state index contributed by atoms with van der Waals surface area (Å²) < 4.78 is 25.2. The molecule has 0 unspecified atom stereocenters. The standard InChI is InChI=1S/C20H25N3O3S/c1-15-6-4-9-19(16(15)2)22-10-12-23(13-11-22)20(24)17-7-5-8-18(14-17)21-27(3,25)26/h4-9,14,21H,10-13H2,1-3H3. The first-order valence-electron chi connectivity index (χ1n) is 8.93. The van der Waals surface area contributed by atoms with E-state index in [1.54, 1.807) is 24.3 Å². The summed E-state index contributed by atoms with van der Waals surface area (Å²) in [6.07, 6.45) is 1.09. The minimum atomic E-state index is -3.37. The zero-order valence-electron chi connectivity index (χ0n) is 15.9. The molecule has 0 atom stereocenters. The molecule has 0 aliphatic carbocycles. The molecule has 1 saturated heterocycles. The van der Waals surface area contributed by atoms with Crippen molar-refractivity contribution in [1.82, 2.24) is 4.90 Å². The smallest absolute Gasteiger partial charge is 0.254 e. The molecule has 2 aromatic rings. The van der Waals surface area contributed by atoms with E-state index in [2.05, 4.69) is 41.7 Å². The summed E-state index contributed by atoms with van der Waals surface area (Å²) in [6, 6.07) is 12.9. The Morgan fingerprint density at radius 1 is 1.00 bits per heavy atom. The molecular formula is C20H25N3O3S. The number of rotatable bonds is 4. The van der Waals surface area contributed by atoms with Gasteiger partial charge in [-0.1, -0.05) is 18.2 Å². The fourth-order valence-corrected chi connectivity index (χ4v) is 3.90. The number of aryl methyl sites for hydroxylation is 1. The highest BCUT2D eigenvalue weighted by atomic mass is 32.2. The molecule has 0 aromatic heterocycles.